The number of amidine groups is 1. The lowest BCUT2D eigenvalue weighted by Crippen LogP contribution is -2.39. The van der Waals surface area contributed by atoms with Gasteiger partial charge in [-0.2, -0.15) is 0 Å². The Morgan fingerprint density at radius 1 is 1.07 bits per heavy atom. The molecule has 0 saturated carbocycles. The van der Waals surface area contributed by atoms with Crippen LogP contribution in [0.2, 0.25) is 0 Å². The number of aliphatic imine (C=N–C) groups is 1. The van der Waals surface area contributed by atoms with Gasteiger partial charge in [-0.15, -0.1) is 0 Å². The van der Waals surface area contributed by atoms with Crippen molar-refractivity contribution in [1.29, 1.82) is 0 Å². The van der Waals surface area contributed by atoms with Gasteiger partial charge in [-0.3, -0.25) is 5.01 Å². The Morgan fingerprint density at radius 3 is 2.30 bits per heavy atom. The average molecular weight is 399 g/mol. The molecule has 0 radical (unpaired) electrons. The minimum atomic E-state index is -0.0502. The third-order valence-electron chi connectivity index (χ3n) is 5.83. The summed E-state index contributed by atoms with van der Waals surface area (Å²) in [5, 5.41) is 2.01. The van der Waals surface area contributed by atoms with Gasteiger partial charge in [-0.1, -0.05) is 48.8 Å². The molecular formula is C26H30N4. The van der Waals surface area contributed by atoms with E-state index in [4.69, 9.17) is 0 Å². The molecule has 0 aromatic heterocycles. The summed E-state index contributed by atoms with van der Waals surface area (Å²) in [6.07, 6.45) is 5.04. The number of nitrogens with one attached hydrogen (secondary N) is 1. The van der Waals surface area contributed by atoms with Crippen molar-refractivity contribution in [3.05, 3.63) is 77.9 Å². The zero-order valence-corrected chi connectivity index (χ0v) is 17.9. The summed E-state index contributed by atoms with van der Waals surface area (Å²) >= 11 is 0. The lowest BCUT2D eigenvalue weighted by atomic mass is 9.97. The van der Waals surface area contributed by atoms with E-state index < -0.39 is 0 Å². The molecule has 0 aliphatic carbocycles. The fraction of sp³-hybridized carbons (Fsp3) is 0.346. The van der Waals surface area contributed by atoms with Gasteiger partial charge in [0, 0.05) is 11.5 Å². The maximum atomic E-state index is 4.51. The first-order valence-corrected chi connectivity index (χ1v) is 10.7. The number of likely N-dealkylation sites (tertiary alicyclic amines) is 1. The zero-order chi connectivity index (χ0) is 20.9. The maximum absolute atomic E-state index is 4.51. The van der Waals surface area contributed by atoms with Crippen molar-refractivity contribution in [2.24, 2.45) is 10.9 Å². The summed E-state index contributed by atoms with van der Waals surface area (Å²) in [5.74, 6) is 8.33. The smallest absolute Gasteiger partial charge is 0.137 e. The number of rotatable bonds is 4. The predicted molar refractivity (Wildman–Crippen MR) is 125 cm³/mol. The standard InChI is InChI=1S/C26H30N4/c1-4-26-27-20(2)30(28-26)25-13-11-24(12-14-25)19-23-9-7-21(8-10-23)5-6-22-15-17-29(3)18-16-22/h4,7-14,22,26,28H,1,15-19H2,2-3H3. The largest absolute Gasteiger partial charge is 0.306 e. The summed E-state index contributed by atoms with van der Waals surface area (Å²) in [6.45, 7) is 8.12. The Kier molecular flexibility index (Phi) is 6.32. The summed E-state index contributed by atoms with van der Waals surface area (Å²) in [4.78, 5) is 6.89. The van der Waals surface area contributed by atoms with Crippen LogP contribution in [0.15, 0.2) is 66.2 Å². The summed E-state index contributed by atoms with van der Waals surface area (Å²) in [7, 11) is 2.19. The lowest BCUT2D eigenvalue weighted by molar-refractivity contribution is 0.248. The Labute approximate surface area is 180 Å². The van der Waals surface area contributed by atoms with Crippen LogP contribution in [0, 0.1) is 17.8 Å². The van der Waals surface area contributed by atoms with Crippen molar-refractivity contribution < 1.29 is 0 Å². The van der Waals surface area contributed by atoms with Crippen LogP contribution in [-0.4, -0.2) is 37.0 Å². The fourth-order valence-corrected chi connectivity index (χ4v) is 3.92. The minimum absolute atomic E-state index is 0.0502. The van der Waals surface area contributed by atoms with Crippen LogP contribution in [0.25, 0.3) is 0 Å². The molecule has 30 heavy (non-hydrogen) atoms. The molecule has 2 aromatic rings. The SMILES string of the molecule is C=CC1N=C(C)N(c2ccc(Cc3ccc(C#CC4CCN(C)CC4)cc3)cc2)N1. The normalized spacial score (nSPS) is 19.9. The summed E-state index contributed by atoms with van der Waals surface area (Å²) in [5.41, 5.74) is 8.11. The second kappa shape index (κ2) is 9.30. The van der Waals surface area contributed by atoms with Gasteiger partial charge in [-0.05, 0) is 81.7 Å². The summed E-state index contributed by atoms with van der Waals surface area (Å²) in [6, 6.07) is 17.3. The highest BCUT2D eigenvalue weighted by Gasteiger charge is 2.20. The van der Waals surface area contributed by atoms with Gasteiger partial charge in [0.25, 0.3) is 0 Å². The van der Waals surface area contributed by atoms with Crippen molar-refractivity contribution in [2.45, 2.75) is 32.4 Å². The molecule has 1 fully saturated rings. The minimum Gasteiger partial charge on any atom is -0.306 e. The molecule has 0 bridgehead atoms. The fourth-order valence-electron chi connectivity index (χ4n) is 3.92. The Balaban J connectivity index is 1.35. The van der Waals surface area contributed by atoms with Crippen LogP contribution in [0.4, 0.5) is 5.69 Å². The number of benzene rings is 2. The van der Waals surface area contributed by atoms with E-state index in [1.807, 2.05) is 11.9 Å². The number of hydrogen-bond donors (Lipinski definition) is 1. The van der Waals surface area contributed by atoms with Crippen molar-refractivity contribution in [2.75, 3.05) is 25.1 Å². The molecule has 4 rings (SSSR count). The van der Waals surface area contributed by atoms with E-state index in [0.29, 0.717) is 5.92 Å². The first-order chi connectivity index (χ1) is 14.6. The third kappa shape index (κ3) is 4.99. The molecule has 2 aliphatic rings. The molecule has 2 aromatic carbocycles. The van der Waals surface area contributed by atoms with Crippen molar-refractivity contribution in [1.82, 2.24) is 10.3 Å². The van der Waals surface area contributed by atoms with E-state index in [-0.39, 0.29) is 6.17 Å². The second-order valence-electron chi connectivity index (χ2n) is 8.21. The summed E-state index contributed by atoms with van der Waals surface area (Å²) < 4.78 is 0. The molecule has 1 unspecified atom stereocenters. The van der Waals surface area contributed by atoms with Gasteiger partial charge in [-0.25, -0.2) is 10.4 Å². The number of hydrazine groups is 1. The van der Waals surface area contributed by atoms with E-state index in [1.54, 1.807) is 6.08 Å². The molecule has 1 saturated heterocycles. The van der Waals surface area contributed by atoms with Crippen molar-refractivity contribution in [3.63, 3.8) is 0 Å². The monoisotopic (exact) mass is 398 g/mol. The van der Waals surface area contributed by atoms with Gasteiger partial charge in [0.2, 0.25) is 0 Å². The molecule has 0 spiro atoms. The molecule has 2 aliphatic heterocycles. The van der Waals surface area contributed by atoms with E-state index in [0.717, 1.165) is 36.6 Å². The van der Waals surface area contributed by atoms with E-state index >= 15 is 0 Å². The topological polar surface area (TPSA) is 30.9 Å². The number of nitrogens with zero attached hydrogens (tertiary/aromatic N) is 3. The number of hydrogen-bond acceptors (Lipinski definition) is 4. The van der Waals surface area contributed by atoms with E-state index in [9.17, 15) is 0 Å². The predicted octanol–water partition coefficient (Wildman–Crippen LogP) is 4.23. The molecule has 154 valence electrons. The molecule has 4 heteroatoms. The Morgan fingerprint density at radius 2 is 1.70 bits per heavy atom. The second-order valence-corrected chi connectivity index (χ2v) is 8.21. The molecule has 2 heterocycles. The van der Waals surface area contributed by atoms with Crippen LogP contribution in [-0.2, 0) is 6.42 Å². The van der Waals surface area contributed by atoms with Gasteiger partial charge >= 0.3 is 0 Å². The molecule has 1 N–H and O–H groups in total. The highest BCUT2D eigenvalue weighted by atomic mass is 15.6. The number of piperidine rings is 1. The first-order valence-electron chi connectivity index (χ1n) is 10.7. The number of anilines is 1. The van der Waals surface area contributed by atoms with Gasteiger partial charge in [0.1, 0.15) is 12.0 Å². The lowest BCUT2D eigenvalue weighted by Gasteiger charge is -2.25. The Hall–Kier alpha value is -2.87. The third-order valence-corrected chi connectivity index (χ3v) is 5.83. The molecular weight excluding hydrogens is 368 g/mol. The van der Waals surface area contributed by atoms with Crippen LogP contribution in [0.1, 0.15) is 36.5 Å². The molecule has 0 amide bonds. The zero-order valence-electron chi connectivity index (χ0n) is 17.9. The van der Waals surface area contributed by atoms with Crippen molar-refractivity contribution in [3.8, 4) is 11.8 Å². The van der Waals surface area contributed by atoms with Crippen molar-refractivity contribution >= 4 is 11.5 Å². The van der Waals surface area contributed by atoms with E-state index in [1.165, 1.54) is 24.0 Å². The quantitative estimate of drug-likeness (QED) is 0.618. The highest BCUT2D eigenvalue weighted by Crippen LogP contribution is 2.20. The van der Waals surface area contributed by atoms with Crippen LogP contribution < -0.4 is 10.4 Å². The maximum Gasteiger partial charge on any atom is 0.137 e. The van der Waals surface area contributed by atoms with Gasteiger partial charge in [0.15, 0.2) is 0 Å². The average Bonchev–Trinajstić information content (AvgIpc) is 3.16. The molecule has 4 nitrogen and oxygen atoms in total. The van der Waals surface area contributed by atoms with Gasteiger partial charge < -0.3 is 4.90 Å². The Bertz CT molecular complexity index is 955. The van der Waals surface area contributed by atoms with Crippen LogP contribution >= 0.6 is 0 Å². The first kappa shape index (κ1) is 20.4. The van der Waals surface area contributed by atoms with Crippen LogP contribution in [0.3, 0.4) is 0 Å². The molecule has 1 atom stereocenters. The van der Waals surface area contributed by atoms with Gasteiger partial charge in [0.05, 0.1) is 5.69 Å². The van der Waals surface area contributed by atoms with E-state index in [2.05, 4.69) is 89.3 Å². The highest BCUT2D eigenvalue weighted by molar-refractivity contribution is 5.96. The van der Waals surface area contributed by atoms with Crippen LogP contribution in [0.5, 0.6) is 0 Å².